The van der Waals surface area contributed by atoms with Gasteiger partial charge in [-0.25, -0.2) is 19.8 Å². The number of urea groups is 1. The van der Waals surface area contributed by atoms with E-state index in [-0.39, 0.29) is 11.8 Å². The van der Waals surface area contributed by atoms with Crippen LogP contribution in [0.2, 0.25) is 0 Å². The van der Waals surface area contributed by atoms with Gasteiger partial charge in [-0.2, -0.15) is 5.26 Å². The van der Waals surface area contributed by atoms with Crippen molar-refractivity contribution in [2.24, 2.45) is 5.73 Å². The van der Waals surface area contributed by atoms with Gasteiger partial charge >= 0.3 is 6.03 Å². The predicted molar refractivity (Wildman–Crippen MR) is 105 cm³/mol. The van der Waals surface area contributed by atoms with Crippen LogP contribution < -0.4 is 11.1 Å². The number of carbonyl (C=O) groups is 1. The van der Waals surface area contributed by atoms with Crippen LogP contribution in [0.25, 0.3) is 11.0 Å². The lowest BCUT2D eigenvalue weighted by molar-refractivity contribution is -0.212. The topological polar surface area (TPSA) is 115 Å². The van der Waals surface area contributed by atoms with E-state index in [1.54, 1.807) is 17.2 Å². The van der Waals surface area contributed by atoms with E-state index in [0.717, 1.165) is 54.7 Å². The van der Waals surface area contributed by atoms with Crippen molar-refractivity contribution < 1.29 is 9.21 Å². The minimum absolute atomic E-state index is 0.279. The van der Waals surface area contributed by atoms with Crippen molar-refractivity contribution in [1.82, 2.24) is 19.9 Å². The summed E-state index contributed by atoms with van der Waals surface area (Å²) in [6, 6.07) is 4.50. The Hall–Kier alpha value is -2.35. The van der Waals surface area contributed by atoms with Crippen LogP contribution in [-0.4, -0.2) is 70.2 Å². The van der Waals surface area contributed by atoms with Crippen molar-refractivity contribution in [3.63, 3.8) is 0 Å². The highest BCUT2D eigenvalue weighted by Crippen LogP contribution is 2.36. The number of piperidine rings is 1. The largest absolute Gasteiger partial charge is 0.444 e. The van der Waals surface area contributed by atoms with Gasteiger partial charge in [-0.15, -0.1) is 0 Å². The molecule has 5 heterocycles. The summed E-state index contributed by atoms with van der Waals surface area (Å²) in [7, 11) is 0. The number of hydrazine groups is 1. The van der Waals surface area contributed by atoms with Gasteiger partial charge < -0.3 is 20.4 Å². The fourth-order valence-electron chi connectivity index (χ4n) is 4.41. The third-order valence-electron chi connectivity index (χ3n) is 6.07. The van der Waals surface area contributed by atoms with Gasteiger partial charge in [-0.1, -0.05) is 0 Å². The van der Waals surface area contributed by atoms with Crippen LogP contribution in [0, 0.1) is 11.3 Å². The SMILES string of the molecule is N#Cc1cc2c(Br)c(NC3CCN(N4C[C@@H]5C4CN5C(N)=O)CC3)ncc2o1. The Balaban J connectivity index is 1.18. The van der Waals surface area contributed by atoms with E-state index < -0.39 is 0 Å². The highest BCUT2D eigenvalue weighted by molar-refractivity contribution is 9.10. The second-order valence-electron chi connectivity index (χ2n) is 7.54. The van der Waals surface area contributed by atoms with Crippen LogP contribution in [-0.2, 0) is 0 Å². The average Bonchev–Trinajstić information content (AvgIpc) is 3.10. The molecule has 1 unspecified atom stereocenters. The van der Waals surface area contributed by atoms with Crippen molar-refractivity contribution >= 4 is 38.7 Å². The lowest BCUT2D eigenvalue weighted by Crippen LogP contribution is -2.83. The molecule has 10 heteroatoms. The Morgan fingerprint density at radius 2 is 2.14 bits per heavy atom. The molecule has 0 radical (unpaired) electrons. The number of rotatable bonds is 3. The first-order valence-electron chi connectivity index (χ1n) is 9.37. The lowest BCUT2D eigenvalue weighted by Gasteiger charge is -2.64. The highest BCUT2D eigenvalue weighted by atomic mass is 79.9. The number of nitrogens with zero attached hydrogens (tertiary/aromatic N) is 5. The molecule has 146 valence electrons. The van der Waals surface area contributed by atoms with Gasteiger partial charge in [0.2, 0.25) is 5.76 Å². The maximum absolute atomic E-state index is 11.3. The van der Waals surface area contributed by atoms with E-state index in [9.17, 15) is 4.79 Å². The van der Waals surface area contributed by atoms with E-state index in [0.29, 0.717) is 23.7 Å². The molecule has 0 saturated carbocycles. The molecule has 3 N–H and O–H groups in total. The zero-order valence-corrected chi connectivity index (χ0v) is 16.7. The number of hydrogen-bond acceptors (Lipinski definition) is 7. The van der Waals surface area contributed by atoms with Gasteiger partial charge in [0.15, 0.2) is 5.58 Å². The Labute approximate surface area is 170 Å². The number of primary amides is 1. The first-order valence-corrected chi connectivity index (χ1v) is 10.2. The number of pyridine rings is 1. The third kappa shape index (κ3) is 2.73. The van der Waals surface area contributed by atoms with Crippen LogP contribution in [0.5, 0.6) is 0 Å². The van der Waals surface area contributed by atoms with E-state index in [1.807, 2.05) is 6.07 Å². The predicted octanol–water partition coefficient (Wildman–Crippen LogP) is 1.70. The maximum atomic E-state index is 11.3. The number of hydrogen-bond donors (Lipinski definition) is 2. The molecule has 5 rings (SSSR count). The second kappa shape index (κ2) is 6.62. The van der Waals surface area contributed by atoms with E-state index >= 15 is 0 Å². The summed E-state index contributed by atoms with van der Waals surface area (Å²) in [4.78, 5) is 17.5. The summed E-state index contributed by atoms with van der Waals surface area (Å²) in [6.45, 7) is 3.57. The molecule has 3 fully saturated rings. The Morgan fingerprint density at radius 3 is 2.79 bits per heavy atom. The first-order chi connectivity index (χ1) is 13.5. The molecule has 9 nitrogen and oxygen atoms in total. The summed E-state index contributed by atoms with van der Waals surface area (Å²) in [5, 5.41) is 18.2. The maximum Gasteiger partial charge on any atom is 0.315 e. The number of amides is 2. The van der Waals surface area contributed by atoms with Crippen LogP contribution in [0.15, 0.2) is 21.2 Å². The van der Waals surface area contributed by atoms with Crippen molar-refractivity contribution in [3.05, 3.63) is 22.5 Å². The Bertz CT molecular complexity index is 978. The normalized spacial score (nSPS) is 25.6. The average molecular weight is 446 g/mol. The van der Waals surface area contributed by atoms with E-state index in [2.05, 4.69) is 36.2 Å². The number of nitriles is 1. The van der Waals surface area contributed by atoms with Gasteiger partial charge in [0.25, 0.3) is 0 Å². The minimum atomic E-state index is -0.307. The minimum Gasteiger partial charge on any atom is -0.444 e. The molecule has 28 heavy (non-hydrogen) atoms. The Morgan fingerprint density at radius 1 is 1.36 bits per heavy atom. The lowest BCUT2D eigenvalue weighted by atomic mass is 9.87. The second-order valence-corrected chi connectivity index (χ2v) is 8.33. The van der Waals surface area contributed by atoms with Crippen molar-refractivity contribution in [2.75, 3.05) is 31.5 Å². The summed E-state index contributed by atoms with van der Waals surface area (Å²) in [6.07, 6.45) is 3.67. The molecule has 0 aliphatic carbocycles. The van der Waals surface area contributed by atoms with E-state index in [1.165, 1.54) is 0 Å². The molecule has 3 aliphatic rings. The number of furan rings is 1. The number of aromatic nitrogens is 1. The number of anilines is 1. The molecule has 0 aromatic carbocycles. The molecule has 3 aliphatic heterocycles. The highest BCUT2D eigenvalue weighted by Gasteiger charge is 2.55. The summed E-state index contributed by atoms with van der Waals surface area (Å²) in [5.74, 6) is 1.05. The van der Waals surface area contributed by atoms with Gasteiger partial charge in [-0.3, -0.25) is 0 Å². The molecule has 3 saturated heterocycles. The number of piperazine rings is 1. The fraction of sp³-hybridized carbons (Fsp3) is 0.500. The van der Waals surface area contributed by atoms with Gasteiger partial charge in [0.05, 0.1) is 22.8 Å². The molecule has 2 atom stereocenters. The van der Waals surface area contributed by atoms with Crippen LogP contribution >= 0.6 is 15.9 Å². The molecular weight excluding hydrogens is 426 g/mol. The van der Waals surface area contributed by atoms with Crippen LogP contribution in [0.4, 0.5) is 10.6 Å². The van der Waals surface area contributed by atoms with Crippen LogP contribution in [0.3, 0.4) is 0 Å². The van der Waals surface area contributed by atoms with Gasteiger partial charge in [-0.05, 0) is 28.8 Å². The number of nitrogens with two attached hydrogens (primary N) is 1. The molecule has 0 spiro atoms. The monoisotopic (exact) mass is 445 g/mol. The fourth-order valence-corrected chi connectivity index (χ4v) is 4.93. The third-order valence-corrected chi connectivity index (χ3v) is 6.87. The molecule has 2 aromatic heterocycles. The zero-order chi connectivity index (χ0) is 19.4. The number of halogens is 1. The Kier molecular flexibility index (Phi) is 4.19. The number of nitrogens with one attached hydrogen (secondary N) is 1. The molecule has 0 bridgehead atoms. The summed E-state index contributed by atoms with van der Waals surface area (Å²) in [5.41, 5.74) is 5.97. The van der Waals surface area contributed by atoms with Crippen molar-refractivity contribution in [3.8, 4) is 6.07 Å². The van der Waals surface area contributed by atoms with Crippen molar-refractivity contribution in [1.29, 1.82) is 5.26 Å². The molecule has 2 amide bonds. The number of carbonyl (C=O) groups excluding carboxylic acids is 1. The first kappa shape index (κ1) is 17.7. The summed E-state index contributed by atoms with van der Waals surface area (Å²) < 4.78 is 6.25. The van der Waals surface area contributed by atoms with Crippen molar-refractivity contribution in [2.45, 2.75) is 31.0 Å². The summed E-state index contributed by atoms with van der Waals surface area (Å²) >= 11 is 3.59. The molecule has 2 aromatic rings. The standard InChI is InChI=1S/C18H20BrN7O2/c19-16-12-5-11(6-20)28-15(12)7-22-17(16)23-10-1-3-24(4-2-10)26-9-13-14(26)8-25(13)18(21)27/h5,7,10,13-14H,1-4,8-9H2,(H2,21,27)(H,22,23)/t13-,14?/m1/s1. The van der Waals surface area contributed by atoms with Crippen LogP contribution in [0.1, 0.15) is 18.6 Å². The zero-order valence-electron chi connectivity index (χ0n) is 15.1. The smallest absolute Gasteiger partial charge is 0.315 e. The van der Waals surface area contributed by atoms with Gasteiger partial charge in [0, 0.05) is 43.7 Å². The number of likely N-dealkylation sites (tertiary alicyclic amines) is 1. The van der Waals surface area contributed by atoms with Gasteiger partial charge in [0.1, 0.15) is 11.9 Å². The molecular formula is C18H20BrN7O2. The quantitative estimate of drug-likeness (QED) is 0.738. The number of fused-ring (bicyclic) bond motifs is 2. The van der Waals surface area contributed by atoms with E-state index in [4.69, 9.17) is 15.4 Å².